The van der Waals surface area contributed by atoms with Crippen LogP contribution in [0.2, 0.25) is 0 Å². The molecule has 5 aliphatic heterocycles. The molecular weight excluding hydrogens is 856 g/mol. The second-order valence-corrected chi connectivity index (χ2v) is 14.1. The Morgan fingerprint density at radius 1 is 0.279 bits per heavy atom. The van der Waals surface area contributed by atoms with Crippen LogP contribution in [0.1, 0.15) is 0 Å². The number of aliphatic hydroxyl groups excluding tert-OH is 12. The van der Waals surface area contributed by atoms with E-state index in [4.69, 9.17) is 37.9 Å². The van der Waals surface area contributed by atoms with E-state index in [1.165, 1.54) is 0 Å². The Bertz CT molecular complexity index is 1600. The first-order valence-electron chi connectivity index (χ1n) is 17.6. The van der Waals surface area contributed by atoms with E-state index in [1.807, 2.05) is 0 Å². The number of hydrogen-bond donors (Lipinski definition) is 17. The van der Waals surface area contributed by atoms with E-state index >= 15 is 0 Å². The Morgan fingerprint density at radius 3 is 0.787 bits per heavy atom. The molecule has 348 valence electrons. The molecule has 0 amide bonds. The summed E-state index contributed by atoms with van der Waals surface area (Å²) in [4.78, 5) is 59.9. The normalized spacial score (nSPS) is 49.4. The molecule has 31 heteroatoms. The van der Waals surface area contributed by atoms with Gasteiger partial charge >= 0.3 is 29.8 Å². The van der Waals surface area contributed by atoms with Crippen molar-refractivity contribution < 1.29 is 153 Å². The Kier molecular flexibility index (Phi) is 15.2. The molecule has 17 N–H and O–H groups in total. The van der Waals surface area contributed by atoms with Gasteiger partial charge in [0.1, 0.15) is 91.6 Å². The van der Waals surface area contributed by atoms with Gasteiger partial charge < -0.3 is 129 Å². The van der Waals surface area contributed by atoms with Crippen molar-refractivity contribution in [2.75, 3.05) is 0 Å². The zero-order valence-electron chi connectivity index (χ0n) is 30.3. The van der Waals surface area contributed by atoms with Gasteiger partial charge in [0, 0.05) is 0 Å². The Balaban J connectivity index is 1.30. The average Bonchev–Trinajstić information content (AvgIpc) is 3.18. The van der Waals surface area contributed by atoms with Crippen LogP contribution < -0.4 is 0 Å². The van der Waals surface area contributed by atoms with Gasteiger partial charge in [-0.25, -0.2) is 24.0 Å². The second-order valence-electron chi connectivity index (χ2n) is 14.1. The van der Waals surface area contributed by atoms with Crippen LogP contribution in [0, 0.1) is 0 Å². The van der Waals surface area contributed by atoms with Gasteiger partial charge in [0.25, 0.3) is 0 Å². The lowest BCUT2D eigenvalue weighted by Crippen LogP contribution is -2.69. The molecule has 0 aromatic heterocycles. The number of carbonyl (C=O) groups is 5. The highest BCUT2D eigenvalue weighted by molar-refractivity contribution is 5.75. The number of carboxylic acid groups (broad SMARTS) is 5. The first-order valence-corrected chi connectivity index (χ1v) is 17.6. The van der Waals surface area contributed by atoms with Crippen molar-refractivity contribution in [2.45, 2.75) is 154 Å². The minimum Gasteiger partial charge on any atom is -0.479 e. The van der Waals surface area contributed by atoms with Crippen molar-refractivity contribution in [1.82, 2.24) is 0 Å². The maximum atomic E-state index is 12.3. The molecule has 61 heavy (non-hydrogen) atoms. The molecule has 0 aromatic carbocycles. The van der Waals surface area contributed by atoms with E-state index in [0.29, 0.717) is 0 Å². The van der Waals surface area contributed by atoms with Gasteiger partial charge in [-0.3, -0.25) is 0 Å². The lowest BCUT2D eigenvalue weighted by molar-refractivity contribution is -0.383. The summed E-state index contributed by atoms with van der Waals surface area (Å²) in [6.07, 6.45) is -59.6. The summed E-state index contributed by atoms with van der Waals surface area (Å²) in [7, 11) is 0. The molecule has 5 fully saturated rings. The maximum absolute atomic E-state index is 12.3. The zero-order chi connectivity index (χ0) is 45.7. The number of aliphatic carboxylic acids is 5. The largest absolute Gasteiger partial charge is 0.479 e. The topological polar surface area (TPSA) is 512 Å². The zero-order valence-corrected chi connectivity index (χ0v) is 30.3. The van der Waals surface area contributed by atoms with Crippen LogP contribution in [0.25, 0.3) is 0 Å². The number of ether oxygens (including phenoxy) is 9. The van der Waals surface area contributed by atoms with Gasteiger partial charge in [0.15, 0.2) is 62.0 Å². The summed E-state index contributed by atoms with van der Waals surface area (Å²) in [5, 5.41) is 174. The van der Waals surface area contributed by atoms with Crippen molar-refractivity contribution in [2.24, 2.45) is 0 Å². The summed E-state index contributed by atoms with van der Waals surface area (Å²) >= 11 is 0. The molecule has 5 saturated heterocycles. The molecule has 0 radical (unpaired) electrons. The van der Waals surface area contributed by atoms with Crippen molar-refractivity contribution in [1.29, 1.82) is 0 Å². The van der Waals surface area contributed by atoms with Crippen LogP contribution in [0.4, 0.5) is 0 Å². The predicted octanol–water partition coefficient (Wildman–Crippen LogP) is -11.5. The lowest BCUT2D eigenvalue weighted by Gasteiger charge is -2.48. The summed E-state index contributed by atoms with van der Waals surface area (Å²) in [5.74, 6) is -9.88. The first-order chi connectivity index (χ1) is 28.4. The average molecular weight is 899 g/mol. The Morgan fingerprint density at radius 2 is 0.508 bits per heavy atom. The molecule has 25 atom stereocenters. The van der Waals surface area contributed by atoms with E-state index in [0.717, 1.165) is 0 Å². The van der Waals surface area contributed by atoms with Gasteiger partial charge in [-0.2, -0.15) is 0 Å². The summed E-state index contributed by atoms with van der Waals surface area (Å²) < 4.78 is 45.9. The Labute approximate surface area is 337 Å². The fraction of sp³-hybridized carbons (Fsp3) is 0.833. The quantitative estimate of drug-likeness (QED) is 0.0816. The summed E-state index contributed by atoms with van der Waals surface area (Å²) in [6.45, 7) is 0. The van der Waals surface area contributed by atoms with Crippen molar-refractivity contribution in [3.05, 3.63) is 0 Å². The van der Waals surface area contributed by atoms with Gasteiger partial charge in [0.05, 0.1) is 0 Å². The smallest absolute Gasteiger partial charge is 0.335 e. The molecular formula is C30H42O31. The predicted molar refractivity (Wildman–Crippen MR) is 169 cm³/mol. The lowest BCUT2D eigenvalue weighted by atomic mass is 9.95. The van der Waals surface area contributed by atoms with Gasteiger partial charge in [-0.1, -0.05) is 0 Å². The fourth-order valence-corrected chi connectivity index (χ4v) is 6.88. The maximum Gasteiger partial charge on any atom is 0.335 e. The molecule has 0 aliphatic carbocycles. The third-order valence-electron chi connectivity index (χ3n) is 10.1. The van der Waals surface area contributed by atoms with E-state index in [2.05, 4.69) is 4.74 Å². The molecule has 0 unspecified atom stereocenters. The SMILES string of the molecule is O=C(O)[C@H]1O[C@H](O[C@@H]2[C@H](O)[C@@H](O)[C@@H](O[C@@H]3[C@H](O)[C@@H](O)[C@@H](O[C@@H]4[C@H](O)[C@@H](O)[C@@H](O[C@@H]5[C@H](O)[C@@H](O)[C@H](O)O[C@@H]5C(=O)O)O[C@@H]4C(=O)O)O[C@@H]3C(=O)O)O[C@@H]2C(=O)O)[C@H](O)[C@@H](O)[C@H]1O. The van der Waals surface area contributed by atoms with Gasteiger partial charge in [-0.05, 0) is 0 Å². The minimum atomic E-state index is -2.56. The van der Waals surface area contributed by atoms with Crippen LogP contribution in [-0.4, -0.2) is 270 Å². The highest BCUT2D eigenvalue weighted by Gasteiger charge is 2.59. The van der Waals surface area contributed by atoms with Crippen LogP contribution in [0.5, 0.6) is 0 Å². The van der Waals surface area contributed by atoms with Crippen molar-refractivity contribution >= 4 is 29.8 Å². The van der Waals surface area contributed by atoms with E-state index in [9.17, 15) is 111 Å². The van der Waals surface area contributed by atoms with Gasteiger partial charge in [-0.15, -0.1) is 0 Å². The fourth-order valence-electron chi connectivity index (χ4n) is 6.88. The monoisotopic (exact) mass is 898 g/mol. The highest BCUT2D eigenvalue weighted by atomic mass is 16.8. The van der Waals surface area contributed by atoms with Gasteiger partial charge in [0.2, 0.25) is 0 Å². The molecule has 0 aromatic rings. The molecule has 31 nitrogen and oxygen atoms in total. The number of rotatable bonds is 13. The molecule has 0 saturated carbocycles. The third kappa shape index (κ3) is 9.56. The van der Waals surface area contributed by atoms with Crippen LogP contribution in [-0.2, 0) is 66.6 Å². The molecule has 5 aliphatic rings. The summed E-state index contributed by atoms with van der Waals surface area (Å²) in [6, 6.07) is 0. The molecule has 0 bridgehead atoms. The molecule has 5 heterocycles. The molecule has 5 rings (SSSR count). The Hall–Kier alpha value is -3.49. The third-order valence-corrected chi connectivity index (χ3v) is 10.1. The van der Waals surface area contributed by atoms with E-state index in [1.54, 1.807) is 0 Å². The minimum absolute atomic E-state index is 1.87. The number of aliphatic hydroxyl groups is 12. The number of carboxylic acids is 5. The van der Waals surface area contributed by atoms with Crippen LogP contribution in [0.15, 0.2) is 0 Å². The van der Waals surface area contributed by atoms with Crippen molar-refractivity contribution in [3.8, 4) is 0 Å². The second kappa shape index (κ2) is 19.1. The highest BCUT2D eigenvalue weighted by Crippen LogP contribution is 2.36. The number of hydrogen-bond acceptors (Lipinski definition) is 26. The van der Waals surface area contributed by atoms with Crippen molar-refractivity contribution in [3.63, 3.8) is 0 Å². The molecule has 0 spiro atoms. The van der Waals surface area contributed by atoms with Crippen LogP contribution in [0.3, 0.4) is 0 Å². The van der Waals surface area contributed by atoms with E-state index in [-0.39, 0.29) is 0 Å². The van der Waals surface area contributed by atoms with Crippen LogP contribution >= 0.6 is 0 Å². The van der Waals surface area contributed by atoms with E-state index < -0.39 is 183 Å². The standard InChI is InChI=1S/C30H42O31/c31-1-2(32)16(21(42)43)58-27(8(1)38)55-13-4(34)10(40)29(60-18(13)23(46)47)57-15-6(36)11(41)30(61-20(15)25(50)51)56-14-5(35)9(39)28(59-19(14)24(48)49)54-12-3(33)7(37)26(52)53-17(12)22(44)45/h1-20,26-41,52H,(H,42,43)(H,44,45)(H,46,47)(H,48,49)(H,50,51)/t1-,2+,3+,4+,5+,6+,7+,8+,9+,10+,11+,12+,13+,14+,15+,16-,17-,18-,19-,20-,26+,27-,28-,29-,30-/m0/s1. The summed E-state index contributed by atoms with van der Waals surface area (Å²) in [5.41, 5.74) is 0. The first kappa shape index (κ1) is 48.5.